The van der Waals surface area contributed by atoms with E-state index in [1.54, 1.807) is 0 Å². The minimum absolute atomic E-state index is 0.775. The van der Waals surface area contributed by atoms with E-state index in [9.17, 15) is 0 Å². The number of nitrogens with zero attached hydrogens (tertiary/aromatic N) is 4. The molecule has 144 valence electrons. The first-order valence-electron chi connectivity index (χ1n) is 9.64. The zero-order valence-corrected chi connectivity index (χ0v) is 16.5. The second-order valence-corrected chi connectivity index (χ2v) is 7.29. The van der Waals surface area contributed by atoms with Gasteiger partial charge in [-0.2, -0.15) is 4.98 Å². The number of hydrogen-bond donors (Lipinski definition) is 1. The number of aromatic nitrogens is 2. The molecule has 0 bridgehead atoms. The Morgan fingerprint density at radius 2 is 1.68 bits per heavy atom. The van der Waals surface area contributed by atoms with E-state index in [-0.39, 0.29) is 0 Å². The number of piperazine rings is 1. The number of rotatable bonds is 6. The Hall–Kier alpha value is -2.79. The van der Waals surface area contributed by atoms with Gasteiger partial charge in [0.05, 0.1) is 0 Å². The third-order valence-corrected chi connectivity index (χ3v) is 5.17. The van der Waals surface area contributed by atoms with E-state index in [1.165, 1.54) is 11.3 Å². The fourth-order valence-corrected chi connectivity index (χ4v) is 3.64. The summed E-state index contributed by atoms with van der Waals surface area (Å²) in [6, 6.07) is 20.4. The summed E-state index contributed by atoms with van der Waals surface area (Å²) in [6.07, 6.45) is 2.73. The lowest BCUT2D eigenvalue weighted by Crippen LogP contribution is -2.47. The summed E-state index contributed by atoms with van der Waals surface area (Å²) in [5, 5.41) is 4.17. The van der Waals surface area contributed by atoms with Gasteiger partial charge in [-0.05, 0) is 42.3 Å². The van der Waals surface area contributed by atoms with Crippen molar-refractivity contribution in [3.8, 4) is 0 Å². The normalized spacial score (nSPS) is 14.2. The summed E-state index contributed by atoms with van der Waals surface area (Å²) in [5.41, 5.74) is 2.49. The van der Waals surface area contributed by atoms with Crippen molar-refractivity contribution >= 4 is 29.1 Å². The van der Waals surface area contributed by atoms with Gasteiger partial charge in [0.25, 0.3) is 0 Å². The monoisotopic (exact) mass is 393 g/mol. The summed E-state index contributed by atoms with van der Waals surface area (Å²) in [4.78, 5) is 13.8. The van der Waals surface area contributed by atoms with Crippen LogP contribution in [0.5, 0.6) is 0 Å². The largest absolute Gasteiger partial charge is 0.370 e. The van der Waals surface area contributed by atoms with Crippen LogP contribution in [0.15, 0.2) is 66.9 Å². The Kier molecular flexibility index (Phi) is 5.92. The van der Waals surface area contributed by atoms with E-state index in [2.05, 4.69) is 56.5 Å². The molecule has 1 saturated heterocycles. The van der Waals surface area contributed by atoms with Gasteiger partial charge in [-0.15, -0.1) is 0 Å². The molecule has 1 aliphatic rings. The van der Waals surface area contributed by atoms with E-state index in [0.29, 0.717) is 0 Å². The number of benzene rings is 2. The smallest absolute Gasteiger partial charge is 0.227 e. The molecule has 0 saturated carbocycles. The summed E-state index contributed by atoms with van der Waals surface area (Å²) in [6.45, 7) is 4.58. The Balaban J connectivity index is 1.31. The highest BCUT2D eigenvalue weighted by molar-refractivity contribution is 6.30. The van der Waals surface area contributed by atoms with Gasteiger partial charge in [-0.1, -0.05) is 41.9 Å². The second-order valence-electron chi connectivity index (χ2n) is 6.86. The van der Waals surface area contributed by atoms with E-state index in [1.807, 2.05) is 30.5 Å². The van der Waals surface area contributed by atoms with Gasteiger partial charge >= 0.3 is 0 Å². The quantitative estimate of drug-likeness (QED) is 0.682. The molecule has 0 unspecified atom stereocenters. The van der Waals surface area contributed by atoms with Crippen LogP contribution >= 0.6 is 11.6 Å². The predicted molar refractivity (Wildman–Crippen MR) is 117 cm³/mol. The number of halogens is 1. The molecule has 2 aromatic carbocycles. The molecule has 0 aliphatic carbocycles. The van der Waals surface area contributed by atoms with Gasteiger partial charge in [0.2, 0.25) is 5.95 Å². The molecule has 0 radical (unpaired) electrons. The van der Waals surface area contributed by atoms with Crippen LogP contribution in [0.1, 0.15) is 5.56 Å². The van der Waals surface area contributed by atoms with Crippen LogP contribution in [0.4, 0.5) is 17.5 Å². The third-order valence-electron chi connectivity index (χ3n) is 4.94. The summed E-state index contributed by atoms with van der Waals surface area (Å²) < 4.78 is 0. The van der Waals surface area contributed by atoms with Gasteiger partial charge in [0.1, 0.15) is 5.82 Å². The minimum atomic E-state index is 0.775. The van der Waals surface area contributed by atoms with E-state index < -0.39 is 0 Å². The van der Waals surface area contributed by atoms with Gasteiger partial charge in [-0.3, -0.25) is 0 Å². The van der Waals surface area contributed by atoms with Gasteiger partial charge < -0.3 is 15.1 Å². The number of nitrogens with one attached hydrogen (secondary N) is 1. The molecule has 0 spiro atoms. The Morgan fingerprint density at radius 1 is 0.893 bits per heavy atom. The fourth-order valence-electron chi connectivity index (χ4n) is 3.43. The van der Waals surface area contributed by atoms with E-state index in [4.69, 9.17) is 16.6 Å². The molecule has 0 atom stereocenters. The first-order chi connectivity index (χ1) is 13.8. The Morgan fingerprint density at radius 3 is 2.46 bits per heavy atom. The maximum atomic E-state index is 6.05. The molecule has 1 N–H and O–H groups in total. The van der Waals surface area contributed by atoms with Crippen molar-refractivity contribution in [1.82, 2.24) is 9.97 Å². The van der Waals surface area contributed by atoms with Crippen LogP contribution < -0.4 is 15.1 Å². The topological polar surface area (TPSA) is 44.3 Å². The zero-order valence-electron chi connectivity index (χ0n) is 15.8. The summed E-state index contributed by atoms with van der Waals surface area (Å²) >= 11 is 6.05. The first kappa shape index (κ1) is 18.6. The Labute approximate surface area is 171 Å². The zero-order chi connectivity index (χ0) is 19.2. The SMILES string of the molecule is Clc1cccc(CCNc2ccnc(N3CCN(c4ccccc4)CC3)n2)c1. The van der Waals surface area contributed by atoms with Crippen molar-refractivity contribution in [3.63, 3.8) is 0 Å². The highest BCUT2D eigenvalue weighted by Crippen LogP contribution is 2.19. The standard InChI is InChI=1S/C22H24ClN5/c23-19-6-4-5-18(17-19)9-11-24-21-10-12-25-22(26-21)28-15-13-27(14-16-28)20-7-2-1-3-8-20/h1-8,10,12,17H,9,11,13-16H2,(H,24,25,26). The molecular weight excluding hydrogens is 370 g/mol. The molecule has 3 aromatic rings. The highest BCUT2D eigenvalue weighted by atomic mass is 35.5. The molecule has 6 heteroatoms. The van der Waals surface area contributed by atoms with Crippen LogP contribution in [-0.2, 0) is 6.42 Å². The van der Waals surface area contributed by atoms with Crippen LogP contribution in [0.3, 0.4) is 0 Å². The van der Waals surface area contributed by atoms with Crippen molar-refractivity contribution in [3.05, 3.63) is 77.4 Å². The molecular formula is C22H24ClN5. The fraction of sp³-hybridized carbons (Fsp3) is 0.273. The lowest BCUT2D eigenvalue weighted by Gasteiger charge is -2.36. The number of para-hydroxylation sites is 1. The molecule has 1 aliphatic heterocycles. The maximum absolute atomic E-state index is 6.05. The molecule has 1 fully saturated rings. The molecule has 28 heavy (non-hydrogen) atoms. The number of hydrogen-bond acceptors (Lipinski definition) is 5. The molecule has 1 aromatic heterocycles. The maximum Gasteiger partial charge on any atom is 0.227 e. The van der Waals surface area contributed by atoms with Crippen LogP contribution in [0, 0.1) is 0 Å². The first-order valence-corrected chi connectivity index (χ1v) is 10.0. The summed E-state index contributed by atoms with van der Waals surface area (Å²) in [5.74, 6) is 1.65. The minimum Gasteiger partial charge on any atom is -0.370 e. The van der Waals surface area contributed by atoms with Crippen molar-refractivity contribution in [2.45, 2.75) is 6.42 Å². The predicted octanol–water partition coefficient (Wildman–Crippen LogP) is 4.11. The van der Waals surface area contributed by atoms with Crippen molar-refractivity contribution in [2.24, 2.45) is 0 Å². The lowest BCUT2D eigenvalue weighted by atomic mass is 10.1. The molecule has 4 rings (SSSR count). The van der Waals surface area contributed by atoms with Gasteiger partial charge in [0.15, 0.2) is 0 Å². The average molecular weight is 394 g/mol. The number of anilines is 3. The highest BCUT2D eigenvalue weighted by Gasteiger charge is 2.19. The van der Waals surface area contributed by atoms with Crippen molar-refractivity contribution < 1.29 is 0 Å². The summed E-state index contributed by atoms with van der Waals surface area (Å²) in [7, 11) is 0. The lowest BCUT2D eigenvalue weighted by molar-refractivity contribution is 0.640. The van der Waals surface area contributed by atoms with E-state index >= 15 is 0 Å². The third kappa shape index (κ3) is 4.73. The van der Waals surface area contributed by atoms with Crippen LogP contribution in [0.2, 0.25) is 5.02 Å². The molecule has 5 nitrogen and oxygen atoms in total. The van der Waals surface area contributed by atoms with Gasteiger partial charge in [-0.25, -0.2) is 4.98 Å². The van der Waals surface area contributed by atoms with Crippen molar-refractivity contribution in [2.75, 3.05) is 47.8 Å². The van der Waals surface area contributed by atoms with Crippen LogP contribution in [-0.4, -0.2) is 42.7 Å². The second kappa shape index (κ2) is 8.93. The Bertz CT molecular complexity index is 894. The average Bonchev–Trinajstić information content (AvgIpc) is 2.75. The molecule has 2 heterocycles. The van der Waals surface area contributed by atoms with Gasteiger partial charge in [0, 0.05) is 49.6 Å². The van der Waals surface area contributed by atoms with E-state index in [0.717, 1.165) is 55.9 Å². The van der Waals surface area contributed by atoms with Crippen LogP contribution in [0.25, 0.3) is 0 Å². The van der Waals surface area contributed by atoms with Crippen molar-refractivity contribution in [1.29, 1.82) is 0 Å². The molecule has 0 amide bonds.